The molecular weight excluding hydrogens is 721 g/mol. The average Bonchev–Trinajstić information content (AvgIpc) is 3.06. The Morgan fingerprint density at radius 3 is 2.02 bits per heavy atom. The van der Waals surface area contributed by atoms with E-state index in [1.165, 1.54) is 35.2 Å². The molecule has 1 aliphatic carbocycles. The van der Waals surface area contributed by atoms with Gasteiger partial charge in [0.25, 0.3) is 10.0 Å². The number of rotatable bonds is 12. The van der Waals surface area contributed by atoms with Gasteiger partial charge in [0.1, 0.15) is 12.6 Å². The highest BCUT2D eigenvalue weighted by molar-refractivity contribution is 9.10. The average molecular weight is 758 g/mol. The Morgan fingerprint density at radius 2 is 1.40 bits per heavy atom. The van der Waals surface area contributed by atoms with Crippen molar-refractivity contribution in [3.63, 3.8) is 0 Å². The van der Waals surface area contributed by atoms with Crippen molar-refractivity contribution in [3.8, 4) is 0 Å². The van der Waals surface area contributed by atoms with Gasteiger partial charge in [-0.15, -0.1) is 0 Å². The molecule has 0 saturated heterocycles. The van der Waals surface area contributed by atoms with Crippen molar-refractivity contribution in [2.75, 3.05) is 10.8 Å². The highest BCUT2D eigenvalue weighted by Crippen LogP contribution is 2.30. The van der Waals surface area contributed by atoms with Gasteiger partial charge in [-0.25, -0.2) is 8.42 Å². The van der Waals surface area contributed by atoms with E-state index in [1.807, 2.05) is 54.6 Å². The van der Waals surface area contributed by atoms with Crippen LogP contribution in [-0.4, -0.2) is 43.8 Å². The second-order valence-corrected chi connectivity index (χ2v) is 15.3. The van der Waals surface area contributed by atoms with Gasteiger partial charge in [0.05, 0.1) is 10.6 Å². The summed E-state index contributed by atoms with van der Waals surface area (Å²) in [5.74, 6) is -0.822. The Balaban J connectivity index is 1.57. The number of anilines is 1. The molecule has 0 aliphatic heterocycles. The number of nitrogens with one attached hydrogen (secondary N) is 1. The van der Waals surface area contributed by atoms with Gasteiger partial charge in [-0.1, -0.05) is 119 Å². The predicted molar refractivity (Wildman–Crippen MR) is 191 cm³/mol. The first-order chi connectivity index (χ1) is 22.6. The zero-order chi connectivity index (χ0) is 33.4. The first-order valence-corrected chi connectivity index (χ1v) is 18.5. The smallest absolute Gasteiger partial charge is 0.264 e. The van der Waals surface area contributed by atoms with Gasteiger partial charge >= 0.3 is 0 Å². The lowest BCUT2D eigenvalue weighted by Crippen LogP contribution is -2.55. The van der Waals surface area contributed by atoms with Crippen molar-refractivity contribution in [2.24, 2.45) is 0 Å². The first kappa shape index (κ1) is 35.0. The van der Waals surface area contributed by atoms with Crippen molar-refractivity contribution in [3.05, 3.63) is 129 Å². The molecule has 0 heterocycles. The number of amides is 2. The van der Waals surface area contributed by atoms with Crippen molar-refractivity contribution in [2.45, 2.75) is 62.0 Å². The molecule has 5 rings (SSSR count). The second kappa shape index (κ2) is 16.2. The van der Waals surface area contributed by atoms with Crippen LogP contribution in [0.5, 0.6) is 0 Å². The quantitative estimate of drug-likeness (QED) is 0.159. The summed E-state index contributed by atoms with van der Waals surface area (Å²) >= 11 is 16.1. The Morgan fingerprint density at radius 1 is 0.809 bits per heavy atom. The number of carbonyl (C=O) groups excluding carboxylic acids is 2. The molecule has 1 saturated carbocycles. The monoisotopic (exact) mass is 755 g/mol. The largest absolute Gasteiger partial charge is 0.352 e. The SMILES string of the molecule is O=C(NC1CCCCC1)[C@H](Cc1ccccc1)N(Cc1ccc(Br)cc1)C(=O)CN(c1cc(Cl)cc(Cl)c1)S(=O)(=O)c1ccccc1. The van der Waals surface area contributed by atoms with E-state index in [0.29, 0.717) is 0 Å². The van der Waals surface area contributed by atoms with E-state index in [9.17, 15) is 18.0 Å². The van der Waals surface area contributed by atoms with Gasteiger partial charge in [-0.3, -0.25) is 13.9 Å². The third-order valence-electron chi connectivity index (χ3n) is 8.23. The standard InChI is InChI=1S/C36H36BrCl2N3O4S/c37-28-18-16-27(17-19-28)24-41(34(20-26-10-4-1-5-11-26)36(44)40-31-12-6-2-7-13-31)35(43)25-42(32-22-29(38)21-30(39)23-32)47(45,46)33-14-8-3-9-15-33/h1,3-5,8-11,14-19,21-23,31,34H,2,6-7,12-13,20,24-25H2,(H,40,44)/t34-/m0/s1. The molecule has 0 aromatic heterocycles. The number of carbonyl (C=O) groups is 2. The van der Waals surface area contributed by atoms with Crippen LogP contribution in [0.15, 0.2) is 112 Å². The number of hydrogen-bond acceptors (Lipinski definition) is 4. The first-order valence-electron chi connectivity index (χ1n) is 15.5. The van der Waals surface area contributed by atoms with Gasteiger partial charge in [0, 0.05) is 33.5 Å². The maximum Gasteiger partial charge on any atom is 0.264 e. The van der Waals surface area contributed by atoms with Crippen molar-refractivity contribution >= 4 is 66.7 Å². The Bertz CT molecular complexity index is 1750. The summed E-state index contributed by atoms with van der Waals surface area (Å²) in [6, 6.07) is 28.4. The lowest BCUT2D eigenvalue weighted by atomic mass is 9.94. The molecule has 1 aliphatic rings. The van der Waals surface area contributed by atoms with Crippen LogP contribution in [0.2, 0.25) is 10.0 Å². The van der Waals surface area contributed by atoms with E-state index in [-0.39, 0.29) is 45.5 Å². The van der Waals surface area contributed by atoms with Crippen LogP contribution in [0.4, 0.5) is 5.69 Å². The molecule has 4 aromatic carbocycles. The van der Waals surface area contributed by atoms with E-state index in [0.717, 1.165) is 52.0 Å². The normalized spacial score (nSPS) is 14.3. The summed E-state index contributed by atoms with van der Waals surface area (Å²) in [6.45, 7) is -0.510. The van der Waals surface area contributed by atoms with E-state index < -0.39 is 28.5 Å². The van der Waals surface area contributed by atoms with Crippen LogP contribution in [-0.2, 0) is 32.6 Å². The van der Waals surface area contributed by atoms with Crippen LogP contribution in [0.25, 0.3) is 0 Å². The van der Waals surface area contributed by atoms with Gasteiger partial charge in [0.2, 0.25) is 11.8 Å². The third kappa shape index (κ3) is 9.38. The summed E-state index contributed by atoms with van der Waals surface area (Å²) in [6.07, 6.45) is 5.20. The van der Waals surface area contributed by atoms with E-state index in [1.54, 1.807) is 18.2 Å². The lowest BCUT2D eigenvalue weighted by molar-refractivity contribution is -0.140. The number of nitrogens with zero attached hydrogens (tertiary/aromatic N) is 2. The van der Waals surface area contributed by atoms with E-state index in [2.05, 4.69) is 21.2 Å². The summed E-state index contributed by atoms with van der Waals surface area (Å²) in [5, 5.41) is 3.65. The van der Waals surface area contributed by atoms with Crippen molar-refractivity contribution < 1.29 is 18.0 Å². The molecule has 0 radical (unpaired) electrons. The summed E-state index contributed by atoms with van der Waals surface area (Å²) in [4.78, 5) is 30.3. The summed E-state index contributed by atoms with van der Waals surface area (Å²) in [5.41, 5.74) is 1.79. The molecule has 7 nitrogen and oxygen atoms in total. The molecule has 246 valence electrons. The van der Waals surface area contributed by atoms with Crippen LogP contribution in [0.1, 0.15) is 43.2 Å². The van der Waals surface area contributed by atoms with Crippen molar-refractivity contribution in [1.82, 2.24) is 10.2 Å². The minimum atomic E-state index is -4.26. The molecule has 11 heteroatoms. The molecule has 0 spiro atoms. The van der Waals surface area contributed by atoms with Crippen LogP contribution in [0, 0.1) is 0 Å². The Kier molecular flexibility index (Phi) is 12.0. The van der Waals surface area contributed by atoms with E-state index in [4.69, 9.17) is 23.2 Å². The maximum atomic E-state index is 14.6. The molecule has 1 atom stereocenters. The number of benzene rings is 4. The fraction of sp³-hybridized carbons (Fsp3) is 0.278. The summed E-state index contributed by atoms with van der Waals surface area (Å²) in [7, 11) is -4.26. The van der Waals surface area contributed by atoms with Crippen LogP contribution < -0.4 is 9.62 Å². The van der Waals surface area contributed by atoms with Gasteiger partial charge in [0.15, 0.2) is 0 Å². The molecule has 2 amide bonds. The Hall–Kier alpha value is -3.37. The molecule has 1 N–H and O–H groups in total. The predicted octanol–water partition coefficient (Wildman–Crippen LogP) is 8.04. The Labute approximate surface area is 295 Å². The minimum Gasteiger partial charge on any atom is -0.352 e. The second-order valence-electron chi connectivity index (χ2n) is 11.6. The van der Waals surface area contributed by atoms with E-state index >= 15 is 0 Å². The van der Waals surface area contributed by atoms with Gasteiger partial charge in [-0.2, -0.15) is 0 Å². The molecule has 0 bridgehead atoms. The highest BCUT2D eigenvalue weighted by Gasteiger charge is 2.35. The molecule has 1 fully saturated rings. The zero-order valence-corrected chi connectivity index (χ0v) is 29.6. The van der Waals surface area contributed by atoms with Crippen LogP contribution >= 0.6 is 39.1 Å². The zero-order valence-electron chi connectivity index (χ0n) is 25.7. The van der Waals surface area contributed by atoms with Crippen LogP contribution in [0.3, 0.4) is 0 Å². The fourth-order valence-electron chi connectivity index (χ4n) is 5.82. The molecule has 47 heavy (non-hydrogen) atoms. The lowest BCUT2D eigenvalue weighted by Gasteiger charge is -2.35. The van der Waals surface area contributed by atoms with Crippen molar-refractivity contribution in [1.29, 1.82) is 0 Å². The fourth-order valence-corrected chi connectivity index (χ4v) is 8.01. The topological polar surface area (TPSA) is 86.8 Å². The number of sulfonamides is 1. The highest BCUT2D eigenvalue weighted by atomic mass is 79.9. The molecule has 0 unspecified atom stereocenters. The molecular formula is C36H36BrCl2N3O4S. The maximum absolute atomic E-state index is 14.6. The molecule has 4 aromatic rings. The van der Waals surface area contributed by atoms with Gasteiger partial charge in [-0.05, 0) is 66.4 Å². The third-order valence-corrected chi connectivity index (χ3v) is 11.0. The minimum absolute atomic E-state index is 0.000709. The van der Waals surface area contributed by atoms with Gasteiger partial charge < -0.3 is 10.2 Å². The summed E-state index contributed by atoms with van der Waals surface area (Å²) < 4.78 is 30.2. The number of halogens is 3. The number of hydrogen-bond donors (Lipinski definition) is 1.